The fourth-order valence-corrected chi connectivity index (χ4v) is 6.06. The Morgan fingerprint density at radius 3 is 2.53 bits per heavy atom. The molecule has 1 fully saturated rings. The molecule has 4 aromatic rings. The number of thiophene rings is 1. The average molecular weight is 489 g/mol. The minimum absolute atomic E-state index is 0.0961. The number of hydrogen-bond acceptors (Lipinski definition) is 6. The van der Waals surface area contributed by atoms with Gasteiger partial charge >= 0.3 is 5.91 Å². The number of aryl methyl sites for hydroxylation is 1. The molecule has 1 aliphatic heterocycles. The smallest absolute Gasteiger partial charge is 0.301 e. The Balaban J connectivity index is 1.66. The van der Waals surface area contributed by atoms with Gasteiger partial charge in [0.1, 0.15) is 11.8 Å². The highest BCUT2D eigenvalue weighted by atomic mass is 32.1. The highest BCUT2D eigenvalue weighted by molar-refractivity contribution is 7.22. The van der Waals surface area contributed by atoms with Crippen LogP contribution in [0.2, 0.25) is 0 Å². The Bertz CT molecular complexity index is 1420. The van der Waals surface area contributed by atoms with Gasteiger partial charge < -0.3 is 5.11 Å². The molecule has 1 saturated heterocycles. The number of rotatable bonds is 5. The molecular weight excluding hydrogens is 464 g/mol. The van der Waals surface area contributed by atoms with E-state index in [2.05, 4.69) is 26.8 Å². The number of hydrogen-bond donors (Lipinski definition) is 1. The van der Waals surface area contributed by atoms with Crippen LogP contribution in [0.5, 0.6) is 0 Å². The summed E-state index contributed by atoms with van der Waals surface area (Å²) in [5.74, 6) is -1.16. The highest BCUT2D eigenvalue weighted by Gasteiger charge is 2.48. The van der Waals surface area contributed by atoms with Crippen molar-refractivity contribution >= 4 is 55.5 Å². The van der Waals surface area contributed by atoms with Crippen molar-refractivity contribution in [2.45, 2.75) is 39.2 Å². The summed E-state index contributed by atoms with van der Waals surface area (Å²) < 4.78 is 0.961. The van der Waals surface area contributed by atoms with Crippen molar-refractivity contribution in [3.05, 3.63) is 87.1 Å². The molecule has 7 heteroatoms. The zero-order valence-electron chi connectivity index (χ0n) is 19.1. The van der Waals surface area contributed by atoms with Crippen molar-refractivity contribution in [2.24, 2.45) is 0 Å². The largest absolute Gasteiger partial charge is 0.507 e. The molecule has 2 aromatic heterocycles. The number of carbonyl (C=O) groups excluding carboxylic acids is 2. The predicted octanol–water partition coefficient (Wildman–Crippen LogP) is 6.67. The molecule has 1 amide bonds. The van der Waals surface area contributed by atoms with Gasteiger partial charge in [0.05, 0.1) is 15.8 Å². The first-order valence-corrected chi connectivity index (χ1v) is 12.9. The molecule has 1 atom stereocenters. The summed E-state index contributed by atoms with van der Waals surface area (Å²) in [5, 5.41) is 13.6. The molecule has 1 unspecified atom stereocenters. The molecule has 5 nitrogen and oxygen atoms in total. The van der Waals surface area contributed by atoms with Crippen LogP contribution in [0, 0.1) is 0 Å². The van der Waals surface area contributed by atoms with Gasteiger partial charge in [0.15, 0.2) is 5.13 Å². The van der Waals surface area contributed by atoms with Crippen molar-refractivity contribution < 1.29 is 14.7 Å². The molecule has 0 spiro atoms. The number of nitrogens with zero attached hydrogens (tertiary/aromatic N) is 2. The zero-order valence-corrected chi connectivity index (χ0v) is 20.7. The summed E-state index contributed by atoms with van der Waals surface area (Å²) in [7, 11) is 0. The van der Waals surface area contributed by atoms with E-state index in [0.717, 1.165) is 27.1 Å². The van der Waals surface area contributed by atoms with Crippen molar-refractivity contribution in [3.63, 3.8) is 0 Å². The number of ketones is 1. The quantitative estimate of drug-likeness (QED) is 0.193. The van der Waals surface area contributed by atoms with E-state index in [1.165, 1.54) is 33.1 Å². The maximum atomic E-state index is 13.3. The van der Waals surface area contributed by atoms with Crippen LogP contribution in [-0.4, -0.2) is 21.8 Å². The number of benzene rings is 2. The summed E-state index contributed by atoms with van der Waals surface area (Å²) in [4.78, 5) is 33.5. The molecule has 3 heterocycles. The van der Waals surface area contributed by atoms with Crippen LogP contribution in [0.15, 0.2) is 65.6 Å². The van der Waals surface area contributed by atoms with Gasteiger partial charge in [-0.3, -0.25) is 14.5 Å². The van der Waals surface area contributed by atoms with Gasteiger partial charge in [-0.2, -0.15) is 0 Å². The molecule has 1 aliphatic rings. The first-order chi connectivity index (χ1) is 16.4. The Kier molecular flexibility index (Phi) is 5.83. The minimum Gasteiger partial charge on any atom is -0.507 e. The maximum absolute atomic E-state index is 13.3. The topological polar surface area (TPSA) is 70.5 Å². The molecule has 0 aliphatic carbocycles. The van der Waals surface area contributed by atoms with Gasteiger partial charge in [-0.25, -0.2) is 4.98 Å². The van der Waals surface area contributed by atoms with E-state index in [-0.39, 0.29) is 11.3 Å². The number of amides is 1. The minimum atomic E-state index is -0.726. The Morgan fingerprint density at radius 1 is 1.12 bits per heavy atom. The number of anilines is 1. The third kappa shape index (κ3) is 3.75. The van der Waals surface area contributed by atoms with Crippen LogP contribution < -0.4 is 4.90 Å². The van der Waals surface area contributed by atoms with Crippen molar-refractivity contribution in [3.8, 4) is 0 Å². The lowest BCUT2D eigenvalue weighted by Gasteiger charge is -2.21. The van der Waals surface area contributed by atoms with E-state index in [1.807, 2.05) is 41.8 Å². The number of fused-ring (bicyclic) bond motifs is 1. The summed E-state index contributed by atoms with van der Waals surface area (Å²) in [5.41, 5.74) is 3.71. The summed E-state index contributed by atoms with van der Waals surface area (Å²) in [6.45, 7) is 6.32. The average Bonchev–Trinajstić information content (AvgIpc) is 3.57. The Hall–Kier alpha value is -3.29. The molecule has 0 bridgehead atoms. The third-order valence-electron chi connectivity index (χ3n) is 6.17. The van der Waals surface area contributed by atoms with Gasteiger partial charge in [0.25, 0.3) is 5.78 Å². The van der Waals surface area contributed by atoms with Gasteiger partial charge in [-0.1, -0.05) is 68.5 Å². The van der Waals surface area contributed by atoms with Crippen LogP contribution >= 0.6 is 22.7 Å². The Morgan fingerprint density at radius 2 is 1.88 bits per heavy atom. The van der Waals surface area contributed by atoms with Crippen LogP contribution in [0.4, 0.5) is 5.13 Å². The predicted molar refractivity (Wildman–Crippen MR) is 139 cm³/mol. The summed E-state index contributed by atoms with van der Waals surface area (Å²) in [6.07, 6.45) is 0.872. The van der Waals surface area contributed by atoms with E-state index in [4.69, 9.17) is 4.98 Å². The lowest BCUT2D eigenvalue weighted by molar-refractivity contribution is -0.132. The van der Waals surface area contributed by atoms with Crippen molar-refractivity contribution in [1.82, 2.24) is 4.98 Å². The molecule has 2 aromatic carbocycles. The lowest BCUT2D eigenvalue weighted by atomic mass is 9.99. The molecule has 172 valence electrons. The first-order valence-electron chi connectivity index (χ1n) is 11.2. The fraction of sp³-hybridized carbons (Fsp3) is 0.222. The lowest BCUT2D eigenvalue weighted by Crippen LogP contribution is -2.28. The number of thiazole rings is 1. The van der Waals surface area contributed by atoms with Gasteiger partial charge in [-0.15, -0.1) is 11.3 Å². The van der Waals surface area contributed by atoms with Crippen LogP contribution in [-0.2, 0) is 16.0 Å². The van der Waals surface area contributed by atoms with Crippen LogP contribution in [0.25, 0.3) is 16.0 Å². The molecule has 0 radical (unpaired) electrons. The fourth-order valence-electron chi connectivity index (χ4n) is 4.19. The zero-order chi connectivity index (χ0) is 24.0. The van der Waals surface area contributed by atoms with Crippen LogP contribution in [0.1, 0.15) is 54.3 Å². The van der Waals surface area contributed by atoms with Crippen molar-refractivity contribution in [2.75, 3.05) is 4.90 Å². The second kappa shape index (κ2) is 8.81. The number of aromatic nitrogens is 1. The molecular formula is C27H24N2O3S2. The normalized spacial score (nSPS) is 17.9. The molecule has 0 saturated carbocycles. The molecule has 5 rings (SSSR count). The first kappa shape index (κ1) is 22.5. The van der Waals surface area contributed by atoms with Crippen molar-refractivity contribution in [1.29, 1.82) is 0 Å². The maximum Gasteiger partial charge on any atom is 0.301 e. The van der Waals surface area contributed by atoms with E-state index in [1.54, 1.807) is 12.1 Å². The number of carbonyl (C=O) groups is 2. The van der Waals surface area contributed by atoms with E-state index < -0.39 is 17.7 Å². The highest BCUT2D eigenvalue weighted by Crippen LogP contribution is 2.45. The van der Waals surface area contributed by atoms with Gasteiger partial charge in [0, 0.05) is 10.4 Å². The number of Topliss-reactive ketones (excluding diaryl/α,β-unsaturated/α-hetero) is 1. The molecule has 1 N–H and O–H groups in total. The second-order valence-electron chi connectivity index (χ2n) is 8.61. The summed E-state index contributed by atoms with van der Waals surface area (Å²) in [6, 6.07) is 16.5. The monoisotopic (exact) mass is 488 g/mol. The Labute approximate surface area is 206 Å². The van der Waals surface area contributed by atoms with Crippen LogP contribution in [0.3, 0.4) is 0 Å². The molecule has 34 heavy (non-hydrogen) atoms. The number of aliphatic hydroxyl groups is 1. The van der Waals surface area contributed by atoms with Gasteiger partial charge in [-0.05, 0) is 47.0 Å². The van der Waals surface area contributed by atoms with Gasteiger partial charge in [0.2, 0.25) is 0 Å². The summed E-state index contributed by atoms with van der Waals surface area (Å²) >= 11 is 2.83. The third-order valence-corrected chi connectivity index (χ3v) is 8.11. The standard InChI is InChI=1S/C27H24N2O3S2/c1-4-16-7-9-17(10-8-16)24(30)22-23(20-6-5-13-33-20)29(26(32)25(22)31)27-28-19-12-11-18(15(2)3)14-21(19)34-27/h5-15,23,30H,4H2,1-3H3/b24-22+. The van der Waals surface area contributed by atoms with E-state index >= 15 is 0 Å². The second-order valence-corrected chi connectivity index (χ2v) is 10.6. The van der Waals surface area contributed by atoms with E-state index in [9.17, 15) is 14.7 Å². The number of aliphatic hydroxyl groups excluding tert-OH is 1. The SMILES string of the molecule is CCc1ccc(/C(O)=C2\C(=O)C(=O)N(c3nc4ccc(C(C)C)cc4s3)C2c2cccs2)cc1. The van der Waals surface area contributed by atoms with E-state index in [0.29, 0.717) is 16.6 Å².